The minimum atomic E-state index is -0.931. The van der Waals surface area contributed by atoms with Gasteiger partial charge >= 0.3 is 5.97 Å². The lowest BCUT2D eigenvalue weighted by molar-refractivity contribution is -0.136. The van der Waals surface area contributed by atoms with Crippen molar-refractivity contribution >= 4 is 11.9 Å². The van der Waals surface area contributed by atoms with E-state index in [2.05, 4.69) is 5.32 Å². The van der Waals surface area contributed by atoms with E-state index in [0.29, 0.717) is 12.2 Å². The molecule has 0 aliphatic heterocycles. The van der Waals surface area contributed by atoms with Crippen LogP contribution in [0.3, 0.4) is 0 Å². The van der Waals surface area contributed by atoms with E-state index in [1.165, 1.54) is 0 Å². The van der Waals surface area contributed by atoms with E-state index >= 15 is 0 Å². The van der Waals surface area contributed by atoms with Crippen molar-refractivity contribution < 1.29 is 19.4 Å². The zero-order chi connectivity index (χ0) is 14.4. The molecule has 1 amide bonds. The fraction of sp³-hybridized carbons (Fsp3) is 0.429. The second kappa shape index (κ2) is 6.78. The average Bonchev–Trinajstić information content (AvgIpc) is 2.33. The summed E-state index contributed by atoms with van der Waals surface area (Å²) < 4.78 is 5.46. The van der Waals surface area contributed by atoms with Gasteiger partial charge in [0.25, 0.3) is 5.91 Å². The van der Waals surface area contributed by atoms with E-state index < -0.39 is 5.97 Å². The van der Waals surface area contributed by atoms with Crippen molar-refractivity contribution in [2.75, 3.05) is 13.2 Å². The van der Waals surface area contributed by atoms with E-state index in [0.717, 1.165) is 16.9 Å². The van der Waals surface area contributed by atoms with Crippen LogP contribution in [0.25, 0.3) is 0 Å². The lowest BCUT2D eigenvalue weighted by Gasteiger charge is -2.12. The standard InChI is InChI=1S/C14H19NO4/c1-4-19-12-8-9(2)11(7-10(12)3)14(18)15-6-5-13(16)17/h7-8H,4-6H2,1-3H3,(H,15,18)(H,16,17). The van der Waals surface area contributed by atoms with Gasteiger partial charge in [-0.25, -0.2) is 0 Å². The highest BCUT2D eigenvalue weighted by Gasteiger charge is 2.12. The highest BCUT2D eigenvalue weighted by Crippen LogP contribution is 2.22. The Bertz CT molecular complexity index is 483. The van der Waals surface area contributed by atoms with Crippen LogP contribution in [0.1, 0.15) is 34.8 Å². The molecule has 0 bridgehead atoms. The second-order valence-electron chi connectivity index (χ2n) is 4.27. The minimum absolute atomic E-state index is 0.0825. The number of carboxylic acid groups (broad SMARTS) is 1. The molecule has 0 spiro atoms. The Hall–Kier alpha value is -2.04. The molecule has 0 aromatic heterocycles. The number of aliphatic carboxylic acids is 1. The van der Waals surface area contributed by atoms with Crippen LogP contribution < -0.4 is 10.1 Å². The smallest absolute Gasteiger partial charge is 0.305 e. The zero-order valence-electron chi connectivity index (χ0n) is 11.4. The van der Waals surface area contributed by atoms with Crippen LogP contribution in [0.15, 0.2) is 12.1 Å². The van der Waals surface area contributed by atoms with Gasteiger partial charge < -0.3 is 15.2 Å². The molecule has 0 unspecified atom stereocenters. The molecule has 0 saturated heterocycles. The molecule has 104 valence electrons. The summed E-state index contributed by atoms with van der Waals surface area (Å²) in [6.45, 7) is 6.30. The molecule has 0 aliphatic carbocycles. The molecule has 5 heteroatoms. The number of aryl methyl sites for hydroxylation is 2. The third kappa shape index (κ3) is 4.28. The number of carbonyl (C=O) groups is 2. The van der Waals surface area contributed by atoms with E-state index in [9.17, 15) is 9.59 Å². The molecule has 0 radical (unpaired) electrons. The molecule has 2 N–H and O–H groups in total. The maximum atomic E-state index is 11.9. The summed E-state index contributed by atoms with van der Waals surface area (Å²) in [7, 11) is 0. The molecular weight excluding hydrogens is 246 g/mol. The molecule has 0 atom stereocenters. The lowest BCUT2D eigenvalue weighted by Crippen LogP contribution is -2.26. The van der Waals surface area contributed by atoms with E-state index in [1.807, 2.05) is 26.8 Å². The Morgan fingerprint density at radius 2 is 1.95 bits per heavy atom. The predicted molar refractivity (Wildman–Crippen MR) is 71.7 cm³/mol. The summed E-state index contributed by atoms with van der Waals surface area (Å²) in [6.07, 6.45) is -0.0825. The molecular formula is C14H19NO4. The van der Waals surface area contributed by atoms with Gasteiger partial charge in [0.1, 0.15) is 5.75 Å². The Morgan fingerprint density at radius 1 is 1.26 bits per heavy atom. The topological polar surface area (TPSA) is 75.6 Å². The van der Waals surface area contributed by atoms with Crippen LogP contribution in [-0.2, 0) is 4.79 Å². The quantitative estimate of drug-likeness (QED) is 0.823. The molecule has 1 aromatic carbocycles. The van der Waals surface area contributed by atoms with Gasteiger partial charge in [-0.2, -0.15) is 0 Å². The first-order valence-electron chi connectivity index (χ1n) is 6.19. The van der Waals surface area contributed by atoms with Crippen LogP contribution in [0.2, 0.25) is 0 Å². The van der Waals surface area contributed by atoms with Crippen molar-refractivity contribution in [1.82, 2.24) is 5.32 Å². The molecule has 0 heterocycles. The maximum Gasteiger partial charge on any atom is 0.305 e. The highest BCUT2D eigenvalue weighted by molar-refractivity contribution is 5.96. The molecule has 1 rings (SSSR count). The van der Waals surface area contributed by atoms with Gasteiger partial charge in [-0.15, -0.1) is 0 Å². The number of ether oxygens (including phenoxy) is 1. The second-order valence-corrected chi connectivity index (χ2v) is 4.27. The van der Waals surface area contributed by atoms with Crippen molar-refractivity contribution in [3.05, 3.63) is 28.8 Å². The number of benzene rings is 1. The van der Waals surface area contributed by atoms with E-state index in [1.54, 1.807) is 6.07 Å². The van der Waals surface area contributed by atoms with Crippen LogP contribution >= 0.6 is 0 Å². The Kier molecular flexibility index (Phi) is 5.36. The molecule has 0 fully saturated rings. The van der Waals surface area contributed by atoms with Gasteiger partial charge in [-0.1, -0.05) is 0 Å². The first kappa shape index (κ1) is 15.0. The number of hydrogen-bond donors (Lipinski definition) is 2. The van der Waals surface area contributed by atoms with Crippen LogP contribution in [0.4, 0.5) is 0 Å². The number of hydrogen-bond acceptors (Lipinski definition) is 3. The molecule has 0 aliphatic rings. The Morgan fingerprint density at radius 3 is 2.53 bits per heavy atom. The van der Waals surface area contributed by atoms with Gasteiger partial charge in [0.2, 0.25) is 0 Å². The first-order chi connectivity index (χ1) is 8.95. The maximum absolute atomic E-state index is 11.9. The predicted octanol–water partition coefficient (Wildman–Crippen LogP) is 1.91. The summed E-state index contributed by atoms with van der Waals surface area (Å²) in [5, 5.41) is 11.1. The van der Waals surface area contributed by atoms with Crippen molar-refractivity contribution in [1.29, 1.82) is 0 Å². The SMILES string of the molecule is CCOc1cc(C)c(C(=O)NCCC(=O)O)cc1C. The number of nitrogens with one attached hydrogen (secondary N) is 1. The number of amides is 1. The molecule has 5 nitrogen and oxygen atoms in total. The summed E-state index contributed by atoms with van der Waals surface area (Å²) in [5.74, 6) is -0.424. The van der Waals surface area contributed by atoms with Gasteiger partial charge in [0, 0.05) is 12.1 Å². The molecule has 1 aromatic rings. The Balaban J connectivity index is 2.80. The average molecular weight is 265 g/mol. The molecule has 19 heavy (non-hydrogen) atoms. The molecule has 0 saturated carbocycles. The van der Waals surface area contributed by atoms with Gasteiger partial charge in [-0.3, -0.25) is 9.59 Å². The Labute approximate surface area is 112 Å². The lowest BCUT2D eigenvalue weighted by atomic mass is 10.0. The fourth-order valence-electron chi connectivity index (χ4n) is 1.72. The van der Waals surface area contributed by atoms with Crippen molar-refractivity contribution in [3.63, 3.8) is 0 Å². The van der Waals surface area contributed by atoms with Gasteiger partial charge in [0.05, 0.1) is 13.0 Å². The highest BCUT2D eigenvalue weighted by atomic mass is 16.5. The number of carbonyl (C=O) groups excluding carboxylic acids is 1. The van der Waals surface area contributed by atoms with Crippen molar-refractivity contribution in [3.8, 4) is 5.75 Å². The van der Waals surface area contributed by atoms with Crippen LogP contribution in [0, 0.1) is 13.8 Å². The van der Waals surface area contributed by atoms with Crippen molar-refractivity contribution in [2.45, 2.75) is 27.2 Å². The van der Waals surface area contributed by atoms with Crippen molar-refractivity contribution in [2.24, 2.45) is 0 Å². The first-order valence-corrected chi connectivity index (χ1v) is 6.19. The van der Waals surface area contributed by atoms with Crippen LogP contribution in [-0.4, -0.2) is 30.1 Å². The fourth-order valence-corrected chi connectivity index (χ4v) is 1.72. The third-order valence-electron chi connectivity index (χ3n) is 2.69. The largest absolute Gasteiger partial charge is 0.494 e. The normalized spacial score (nSPS) is 10.1. The van der Waals surface area contributed by atoms with Crippen LogP contribution in [0.5, 0.6) is 5.75 Å². The third-order valence-corrected chi connectivity index (χ3v) is 2.69. The number of rotatable bonds is 6. The number of carboxylic acids is 1. The van der Waals surface area contributed by atoms with E-state index in [4.69, 9.17) is 9.84 Å². The summed E-state index contributed by atoms with van der Waals surface area (Å²) in [6, 6.07) is 3.58. The van der Waals surface area contributed by atoms with E-state index in [-0.39, 0.29) is 18.9 Å². The zero-order valence-corrected chi connectivity index (χ0v) is 11.4. The van der Waals surface area contributed by atoms with Gasteiger partial charge in [-0.05, 0) is 44.0 Å². The monoisotopic (exact) mass is 265 g/mol. The summed E-state index contributed by atoms with van der Waals surface area (Å²) in [4.78, 5) is 22.3. The van der Waals surface area contributed by atoms with Gasteiger partial charge in [0.15, 0.2) is 0 Å². The minimum Gasteiger partial charge on any atom is -0.494 e. The summed E-state index contributed by atoms with van der Waals surface area (Å²) in [5.41, 5.74) is 2.24. The summed E-state index contributed by atoms with van der Waals surface area (Å²) >= 11 is 0.